The quantitative estimate of drug-likeness (QED) is 0.611. The van der Waals surface area contributed by atoms with E-state index in [1.807, 2.05) is 19.5 Å². The van der Waals surface area contributed by atoms with Crippen molar-refractivity contribution in [3.63, 3.8) is 0 Å². The van der Waals surface area contributed by atoms with Gasteiger partial charge >= 0.3 is 0 Å². The largest absolute Gasteiger partial charge is 0.384 e. The number of rotatable bonds is 5. The summed E-state index contributed by atoms with van der Waals surface area (Å²) in [6.07, 6.45) is 0.918. The van der Waals surface area contributed by atoms with Crippen LogP contribution in [0.1, 0.15) is 21.7 Å². The molecule has 0 atom stereocenters. The van der Waals surface area contributed by atoms with Gasteiger partial charge in [0.2, 0.25) is 0 Å². The number of nitrogens with zero attached hydrogens (tertiary/aromatic N) is 1. The van der Waals surface area contributed by atoms with Gasteiger partial charge in [-0.25, -0.2) is 0 Å². The molecule has 5 heteroatoms. The van der Waals surface area contributed by atoms with Gasteiger partial charge < -0.3 is 15.3 Å². The second kappa shape index (κ2) is 7.88. The molecular formula is C13H18N2O2S. The summed E-state index contributed by atoms with van der Waals surface area (Å²) in [4.78, 5) is 14.6. The fourth-order valence-electron chi connectivity index (χ4n) is 1.40. The maximum atomic E-state index is 11.9. The smallest absolute Gasteiger partial charge is 0.262 e. The highest BCUT2D eigenvalue weighted by atomic mass is 32.1. The maximum Gasteiger partial charge on any atom is 0.262 e. The normalized spacial score (nSPS) is 10.0. The van der Waals surface area contributed by atoms with Crippen LogP contribution in [0.25, 0.3) is 0 Å². The van der Waals surface area contributed by atoms with Crippen molar-refractivity contribution in [1.82, 2.24) is 10.2 Å². The van der Waals surface area contributed by atoms with Crippen molar-refractivity contribution in [2.75, 3.05) is 33.8 Å². The van der Waals surface area contributed by atoms with E-state index in [1.54, 1.807) is 6.07 Å². The molecule has 1 aromatic heterocycles. The van der Waals surface area contributed by atoms with Crippen molar-refractivity contribution in [3.8, 4) is 11.8 Å². The van der Waals surface area contributed by atoms with E-state index < -0.39 is 0 Å². The molecule has 0 unspecified atom stereocenters. The first-order valence-corrected chi connectivity index (χ1v) is 6.63. The molecule has 1 heterocycles. The summed E-state index contributed by atoms with van der Waals surface area (Å²) >= 11 is 1.37. The van der Waals surface area contributed by atoms with Crippen molar-refractivity contribution in [2.45, 2.75) is 6.42 Å². The van der Waals surface area contributed by atoms with E-state index in [4.69, 9.17) is 5.11 Å². The molecule has 1 aromatic rings. The molecule has 2 N–H and O–H groups in total. The standard InChI is InChI=1S/C13H18N2O2S/c1-15(2)8-4-7-14-13(17)12-11(5-3-9-16)6-10-18-12/h6,10,16H,4,7-9H2,1-2H3,(H,14,17). The SMILES string of the molecule is CN(C)CCCNC(=O)c1sccc1C#CCO. The second-order valence-corrected chi connectivity index (χ2v) is 4.95. The summed E-state index contributed by atoms with van der Waals surface area (Å²) in [5.74, 6) is 5.24. The van der Waals surface area contributed by atoms with Crippen molar-refractivity contribution >= 4 is 17.2 Å². The molecule has 4 nitrogen and oxygen atoms in total. The average molecular weight is 266 g/mol. The summed E-state index contributed by atoms with van der Waals surface area (Å²) < 4.78 is 0. The van der Waals surface area contributed by atoms with Gasteiger partial charge in [0.15, 0.2) is 0 Å². The van der Waals surface area contributed by atoms with E-state index in [0.29, 0.717) is 17.0 Å². The van der Waals surface area contributed by atoms with Crippen molar-refractivity contribution in [2.24, 2.45) is 0 Å². The first kappa shape index (κ1) is 14.7. The maximum absolute atomic E-state index is 11.9. The lowest BCUT2D eigenvalue weighted by Gasteiger charge is -2.09. The molecular weight excluding hydrogens is 248 g/mol. The van der Waals surface area contributed by atoms with Gasteiger partial charge in [0.25, 0.3) is 5.91 Å². The zero-order chi connectivity index (χ0) is 13.4. The zero-order valence-corrected chi connectivity index (χ0v) is 11.5. The van der Waals surface area contributed by atoms with Crippen LogP contribution in [0.3, 0.4) is 0 Å². The molecule has 0 aliphatic heterocycles. The summed E-state index contributed by atoms with van der Waals surface area (Å²) in [5, 5.41) is 13.3. The summed E-state index contributed by atoms with van der Waals surface area (Å²) in [7, 11) is 4.01. The van der Waals surface area contributed by atoms with Gasteiger partial charge in [-0.15, -0.1) is 11.3 Å². The fraction of sp³-hybridized carbons (Fsp3) is 0.462. The van der Waals surface area contributed by atoms with Crippen LogP contribution in [0, 0.1) is 11.8 Å². The Hall–Kier alpha value is -1.35. The number of hydrogen-bond donors (Lipinski definition) is 2. The minimum atomic E-state index is -0.195. The second-order valence-electron chi connectivity index (χ2n) is 4.04. The molecule has 0 radical (unpaired) electrons. The first-order chi connectivity index (χ1) is 8.65. The van der Waals surface area contributed by atoms with Crippen LogP contribution >= 0.6 is 11.3 Å². The third kappa shape index (κ3) is 4.88. The Kier molecular flexibility index (Phi) is 6.44. The number of nitrogens with one attached hydrogen (secondary N) is 1. The van der Waals surface area contributed by atoms with Crippen LogP contribution in [0.4, 0.5) is 0 Å². The number of carbonyl (C=O) groups is 1. The summed E-state index contributed by atoms with van der Waals surface area (Å²) in [6, 6.07) is 1.79. The van der Waals surface area contributed by atoms with Crippen LogP contribution in [-0.4, -0.2) is 49.7 Å². The van der Waals surface area contributed by atoms with Gasteiger partial charge in [-0.3, -0.25) is 4.79 Å². The Labute approximate surface area is 112 Å². The number of hydrogen-bond acceptors (Lipinski definition) is 4. The van der Waals surface area contributed by atoms with Crippen LogP contribution in [-0.2, 0) is 0 Å². The highest BCUT2D eigenvalue weighted by Gasteiger charge is 2.10. The molecule has 1 rings (SSSR count). The summed E-state index contributed by atoms with van der Waals surface area (Å²) in [6.45, 7) is 1.41. The van der Waals surface area contributed by atoms with Gasteiger partial charge in [0.1, 0.15) is 11.5 Å². The Balaban J connectivity index is 2.49. The van der Waals surface area contributed by atoms with E-state index >= 15 is 0 Å². The Morgan fingerprint density at radius 2 is 2.33 bits per heavy atom. The van der Waals surface area contributed by atoms with E-state index in [0.717, 1.165) is 13.0 Å². The minimum absolute atomic E-state index is 0.0917. The van der Waals surface area contributed by atoms with E-state index in [2.05, 4.69) is 22.1 Å². The highest BCUT2D eigenvalue weighted by Crippen LogP contribution is 2.15. The predicted octanol–water partition coefficient (Wildman–Crippen LogP) is 0.773. The van der Waals surface area contributed by atoms with Crippen LogP contribution in [0.15, 0.2) is 11.4 Å². The molecule has 0 saturated heterocycles. The first-order valence-electron chi connectivity index (χ1n) is 5.75. The molecule has 1 amide bonds. The number of thiophene rings is 1. The minimum Gasteiger partial charge on any atom is -0.384 e. The van der Waals surface area contributed by atoms with Crippen LogP contribution in [0.2, 0.25) is 0 Å². The number of carbonyl (C=O) groups excluding carboxylic acids is 1. The highest BCUT2D eigenvalue weighted by molar-refractivity contribution is 7.12. The topological polar surface area (TPSA) is 52.6 Å². The molecule has 0 spiro atoms. The third-order valence-corrected chi connectivity index (χ3v) is 3.15. The van der Waals surface area contributed by atoms with Crippen molar-refractivity contribution in [1.29, 1.82) is 0 Å². The van der Waals surface area contributed by atoms with Gasteiger partial charge in [-0.05, 0) is 38.5 Å². The molecule has 0 saturated carbocycles. The number of aliphatic hydroxyl groups excluding tert-OH is 1. The Morgan fingerprint density at radius 3 is 3.00 bits per heavy atom. The number of aliphatic hydroxyl groups is 1. The molecule has 0 aliphatic carbocycles. The van der Waals surface area contributed by atoms with Gasteiger partial charge in [-0.1, -0.05) is 11.8 Å². The van der Waals surface area contributed by atoms with Gasteiger partial charge in [-0.2, -0.15) is 0 Å². The Morgan fingerprint density at radius 1 is 1.56 bits per heavy atom. The van der Waals surface area contributed by atoms with E-state index in [9.17, 15) is 4.79 Å². The van der Waals surface area contributed by atoms with Crippen LogP contribution in [0.5, 0.6) is 0 Å². The number of amides is 1. The fourth-order valence-corrected chi connectivity index (χ4v) is 2.16. The zero-order valence-electron chi connectivity index (χ0n) is 10.7. The molecule has 98 valence electrons. The molecule has 18 heavy (non-hydrogen) atoms. The third-order valence-electron chi connectivity index (χ3n) is 2.24. The predicted molar refractivity (Wildman–Crippen MR) is 73.8 cm³/mol. The van der Waals surface area contributed by atoms with E-state index in [1.165, 1.54) is 11.3 Å². The van der Waals surface area contributed by atoms with E-state index in [-0.39, 0.29) is 12.5 Å². The van der Waals surface area contributed by atoms with Crippen molar-refractivity contribution in [3.05, 3.63) is 21.9 Å². The molecule has 0 aromatic carbocycles. The molecule has 0 aliphatic rings. The summed E-state index contributed by atoms with van der Waals surface area (Å²) in [5.41, 5.74) is 0.680. The lowest BCUT2D eigenvalue weighted by Crippen LogP contribution is -2.26. The van der Waals surface area contributed by atoms with Gasteiger partial charge in [0.05, 0.1) is 0 Å². The molecule has 0 bridgehead atoms. The monoisotopic (exact) mass is 266 g/mol. The molecule has 0 fully saturated rings. The Bertz CT molecular complexity index is 443. The van der Waals surface area contributed by atoms with Gasteiger partial charge in [0, 0.05) is 12.1 Å². The van der Waals surface area contributed by atoms with Crippen molar-refractivity contribution < 1.29 is 9.90 Å². The average Bonchev–Trinajstić information content (AvgIpc) is 2.79. The lowest BCUT2D eigenvalue weighted by atomic mass is 10.2. The van der Waals surface area contributed by atoms with Crippen LogP contribution < -0.4 is 5.32 Å². The lowest BCUT2D eigenvalue weighted by molar-refractivity contribution is 0.0956.